The number of carbonyl (C=O) groups is 1. The lowest BCUT2D eigenvalue weighted by Gasteiger charge is -2.38. The molecule has 0 saturated heterocycles. The molecule has 1 aliphatic carbocycles. The molecule has 1 heterocycles. The van der Waals surface area contributed by atoms with Crippen LogP contribution in [-0.4, -0.2) is 38.2 Å². The Morgan fingerprint density at radius 3 is 2.67 bits per heavy atom. The number of fused-ring (bicyclic) bond motifs is 1. The van der Waals surface area contributed by atoms with Gasteiger partial charge in [0.05, 0.1) is 10.6 Å². The number of rotatable bonds is 5. The van der Waals surface area contributed by atoms with Crippen molar-refractivity contribution in [1.82, 2.24) is 10.0 Å². The number of anilines is 1. The van der Waals surface area contributed by atoms with E-state index in [-0.39, 0.29) is 22.9 Å². The van der Waals surface area contributed by atoms with Crippen LogP contribution in [-0.2, 0) is 14.8 Å². The number of amides is 1. The zero-order valence-corrected chi connectivity index (χ0v) is 15.5. The van der Waals surface area contributed by atoms with Crippen LogP contribution in [0.3, 0.4) is 0 Å². The van der Waals surface area contributed by atoms with Crippen LogP contribution in [0.2, 0.25) is 0 Å². The Kier molecular flexibility index (Phi) is 5.19. The van der Waals surface area contributed by atoms with Gasteiger partial charge in [0, 0.05) is 35.2 Å². The summed E-state index contributed by atoms with van der Waals surface area (Å²) in [6.07, 6.45) is 2.24. The van der Waals surface area contributed by atoms with Crippen molar-refractivity contribution in [1.29, 1.82) is 0 Å². The molecule has 1 aromatic carbocycles. The molecule has 0 aromatic heterocycles. The van der Waals surface area contributed by atoms with Crippen LogP contribution in [0.5, 0.6) is 0 Å². The molecule has 1 saturated carbocycles. The first kappa shape index (κ1) is 17.7. The number of nitrogens with one attached hydrogen (secondary N) is 3. The van der Waals surface area contributed by atoms with Crippen LogP contribution in [0.15, 0.2) is 28.0 Å². The molecule has 8 heteroatoms. The summed E-state index contributed by atoms with van der Waals surface area (Å²) in [5.41, 5.74) is 0.579. The second kappa shape index (κ2) is 7.03. The van der Waals surface area contributed by atoms with Gasteiger partial charge >= 0.3 is 0 Å². The standard InChI is InChI=1S/C16H23N3O3S2/c1-10(2)17-12-4-5-13(12)19-24(21,22)11-3-6-15-14(9-11)18-16(20)7-8-23-15/h3,6,9-10,12-13,17,19H,4-5,7-8H2,1-2H3,(H,18,20)/t12-,13+/m1/s1. The minimum atomic E-state index is -3.60. The minimum absolute atomic E-state index is 0.0797. The molecule has 3 rings (SSSR count). The van der Waals surface area contributed by atoms with Crippen molar-refractivity contribution in [3.63, 3.8) is 0 Å². The highest BCUT2D eigenvalue weighted by atomic mass is 32.2. The van der Waals surface area contributed by atoms with Gasteiger partial charge in [0.1, 0.15) is 0 Å². The van der Waals surface area contributed by atoms with Crippen molar-refractivity contribution in [2.45, 2.75) is 61.0 Å². The third kappa shape index (κ3) is 3.93. The van der Waals surface area contributed by atoms with Crippen LogP contribution in [0.25, 0.3) is 0 Å². The van der Waals surface area contributed by atoms with E-state index in [0.29, 0.717) is 23.9 Å². The van der Waals surface area contributed by atoms with Gasteiger partial charge in [-0.2, -0.15) is 0 Å². The average Bonchev–Trinajstić information content (AvgIpc) is 2.69. The summed E-state index contributed by atoms with van der Waals surface area (Å²) in [5.74, 6) is 0.623. The molecular formula is C16H23N3O3S2. The lowest BCUT2D eigenvalue weighted by molar-refractivity contribution is -0.115. The Morgan fingerprint density at radius 1 is 1.25 bits per heavy atom. The van der Waals surface area contributed by atoms with Gasteiger partial charge in [-0.3, -0.25) is 4.79 Å². The van der Waals surface area contributed by atoms with Gasteiger partial charge in [-0.1, -0.05) is 13.8 Å². The quantitative estimate of drug-likeness (QED) is 0.738. The van der Waals surface area contributed by atoms with Crippen LogP contribution in [0.1, 0.15) is 33.1 Å². The van der Waals surface area contributed by atoms with Crippen molar-refractivity contribution in [3.05, 3.63) is 18.2 Å². The molecule has 3 N–H and O–H groups in total. The summed E-state index contributed by atoms with van der Waals surface area (Å²) in [5, 5.41) is 6.17. The van der Waals surface area contributed by atoms with Gasteiger partial charge in [0.15, 0.2) is 0 Å². The highest BCUT2D eigenvalue weighted by Gasteiger charge is 2.34. The van der Waals surface area contributed by atoms with E-state index in [1.807, 2.05) is 0 Å². The molecule has 1 aliphatic heterocycles. The van der Waals surface area contributed by atoms with E-state index in [1.165, 1.54) is 0 Å². The molecule has 24 heavy (non-hydrogen) atoms. The lowest BCUT2D eigenvalue weighted by atomic mass is 9.87. The van der Waals surface area contributed by atoms with Crippen molar-refractivity contribution in [2.75, 3.05) is 11.1 Å². The molecule has 0 spiro atoms. The summed E-state index contributed by atoms with van der Waals surface area (Å²) in [4.78, 5) is 12.8. The van der Waals surface area contributed by atoms with E-state index in [0.717, 1.165) is 17.7 Å². The first-order valence-electron chi connectivity index (χ1n) is 8.20. The molecule has 0 unspecified atom stereocenters. The Hall–Kier alpha value is -1.09. The number of sulfonamides is 1. The number of hydrogen-bond donors (Lipinski definition) is 3. The number of carbonyl (C=O) groups excluding carboxylic acids is 1. The fourth-order valence-electron chi connectivity index (χ4n) is 2.90. The second-order valence-electron chi connectivity index (χ2n) is 6.54. The number of hydrogen-bond acceptors (Lipinski definition) is 5. The Labute approximate surface area is 147 Å². The van der Waals surface area contributed by atoms with E-state index in [4.69, 9.17) is 0 Å². The van der Waals surface area contributed by atoms with Gasteiger partial charge in [0.2, 0.25) is 15.9 Å². The predicted molar refractivity (Wildman–Crippen MR) is 95.8 cm³/mol. The van der Waals surface area contributed by atoms with E-state index < -0.39 is 10.0 Å². The van der Waals surface area contributed by atoms with Crippen molar-refractivity contribution < 1.29 is 13.2 Å². The van der Waals surface area contributed by atoms with E-state index in [9.17, 15) is 13.2 Å². The maximum Gasteiger partial charge on any atom is 0.240 e. The fourth-order valence-corrected chi connectivity index (χ4v) is 5.18. The van der Waals surface area contributed by atoms with E-state index in [1.54, 1.807) is 30.0 Å². The third-order valence-corrected chi connectivity index (χ3v) is 6.81. The van der Waals surface area contributed by atoms with Gasteiger partial charge < -0.3 is 10.6 Å². The topological polar surface area (TPSA) is 87.3 Å². The smallest absolute Gasteiger partial charge is 0.240 e. The molecule has 0 radical (unpaired) electrons. The molecule has 1 aromatic rings. The maximum absolute atomic E-state index is 12.7. The Morgan fingerprint density at radius 2 is 2.00 bits per heavy atom. The van der Waals surface area contributed by atoms with Crippen molar-refractivity contribution >= 4 is 33.4 Å². The highest BCUT2D eigenvalue weighted by molar-refractivity contribution is 7.99. The van der Waals surface area contributed by atoms with Gasteiger partial charge in [-0.15, -0.1) is 11.8 Å². The van der Waals surface area contributed by atoms with Gasteiger partial charge in [-0.25, -0.2) is 13.1 Å². The van der Waals surface area contributed by atoms with E-state index >= 15 is 0 Å². The monoisotopic (exact) mass is 369 g/mol. The third-order valence-electron chi connectivity index (χ3n) is 4.25. The first-order chi connectivity index (χ1) is 11.3. The molecular weight excluding hydrogens is 346 g/mol. The van der Waals surface area contributed by atoms with E-state index in [2.05, 4.69) is 29.2 Å². The van der Waals surface area contributed by atoms with Crippen LogP contribution < -0.4 is 15.4 Å². The molecule has 2 atom stereocenters. The van der Waals surface area contributed by atoms with Crippen molar-refractivity contribution in [2.24, 2.45) is 0 Å². The number of thioether (sulfide) groups is 1. The number of benzene rings is 1. The molecule has 0 bridgehead atoms. The van der Waals surface area contributed by atoms with Crippen LogP contribution in [0, 0.1) is 0 Å². The average molecular weight is 370 g/mol. The maximum atomic E-state index is 12.7. The first-order valence-corrected chi connectivity index (χ1v) is 10.7. The molecule has 6 nitrogen and oxygen atoms in total. The van der Waals surface area contributed by atoms with Crippen LogP contribution >= 0.6 is 11.8 Å². The predicted octanol–water partition coefficient (Wildman–Crippen LogP) is 1.93. The molecule has 1 amide bonds. The summed E-state index contributed by atoms with van der Waals surface area (Å²) >= 11 is 1.56. The highest BCUT2D eigenvalue weighted by Crippen LogP contribution is 2.33. The SMILES string of the molecule is CC(C)N[C@@H]1CC[C@@H]1NS(=O)(=O)c1ccc2c(c1)NC(=O)CCS2. The Balaban J connectivity index is 1.77. The Bertz CT molecular complexity index is 734. The minimum Gasteiger partial charge on any atom is -0.325 e. The van der Waals surface area contributed by atoms with Crippen LogP contribution in [0.4, 0.5) is 5.69 Å². The largest absolute Gasteiger partial charge is 0.325 e. The summed E-state index contributed by atoms with van der Waals surface area (Å²) < 4.78 is 28.1. The summed E-state index contributed by atoms with van der Waals surface area (Å²) in [6.45, 7) is 4.10. The second-order valence-corrected chi connectivity index (χ2v) is 9.39. The molecule has 132 valence electrons. The van der Waals surface area contributed by atoms with Gasteiger partial charge in [-0.05, 0) is 31.0 Å². The normalized spacial score (nSPS) is 24.0. The fraction of sp³-hybridized carbons (Fsp3) is 0.562. The summed E-state index contributed by atoms with van der Waals surface area (Å²) in [7, 11) is -3.60. The zero-order valence-electron chi connectivity index (χ0n) is 13.8. The summed E-state index contributed by atoms with van der Waals surface area (Å²) in [6, 6.07) is 5.34. The van der Waals surface area contributed by atoms with Gasteiger partial charge in [0.25, 0.3) is 0 Å². The van der Waals surface area contributed by atoms with Crippen molar-refractivity contribution in [3.8, 4) is 0 Å². The zero-order chi connectivity index (χ0) is 17.3. The molecule has 2 aliphatic rings. The lowest BCUT2D eigenvalue weighted by Crippen LogP contribution is -2.58. The molecule has 1 fully saturated rings.